The summed E-state index contributed by atoms with van der Waals surface area (Å²) in [6, 6.07) is 3.15. The third-order valence-electron chi connectivity index (χ3n) is 8.07. The summed E-state index contributed by atoms with van der Waals surface area (Å²) in [5.41, 5.74) is -0.813. The molecule has 0 aromatic heterocycles. The number of alkyl carbamates (subject to hydrolysis) is 2. The highest BCUT2D eigenvalue weighted by atomic mass is 16.6. The highest BCUT2D eigenvalue weighted by Crippen LogP contribution is 2.63. The molecule has 1 aliphatic heterocycles. The summed E-state index contributed by atoms with van der Waals surface area (Å²) in [5.74, 6) is 0.392. The Balaban J connectivity index is 1.77. The molecule has 11 nitrogen and oxygen atoms in total. The molecule has 2 amide bonds. The first kappa shape index (κ1) is 29.9. The number of likely N-dealkylation sites (N-methyl/N-ethyl adjacent to an activating group) is 1. The number of benzene rings is 1. The summed E-state index contributed by atoms with van der Waals surface area (Å²) >= 11 is 0. The Morgan fingerprint density at radius 2 is 1.65 bits per heavy atom. The standard InChI is InChI=1S/C29H44N4O7/c1-26(2,3)39-24(35)31-23(32-25(36)40-27(4,5)6)30-17-13-14-29(37-10)19(33(8)9)15-16-11-12-18(34)21-20(16)28(29,7)22(17)38-21/h11-12,17,19,22,34H,13-15H2,1-10H3,(H2,30,31,32,35,36)/t17-,19?,22-,28?,29+/m0/s1. The van der Waals surface area contributed by atoms with Crippen molar-refractivity contribution < 1.29 is 33.6 Å². The van der Waals surface area contributed by atoms with Crippen molar-refractivity contribution in [1.29, 1.82) is 0 Å². The molecule has 2 unspecified atom stereocenters. The van der Waals surface area contributed by atoms with E-state index in [1.165, 1.54) is 0 Å². The van der Waals surface area contributed by atoms with Crippen LogP contribution in [0, 0.1) is 0 Å². The summed E-state index contributed by atoms with van der Waals surface area (Å²) in [6.07, 6.45) is -0.167. The molecule has 222 valence electrons. The summed E-state index contributed by atoms with van der Waals surface area (Å²) in [4.78, 5) is 32.4. The molecule has 4 rings (SSSR count). The molecular formula is C29H44N4O7. The Morgan fingerprint density at radius 3 is 2.15 bits per heavy atom. The molecule has 5 atom stereocenters. The quantitative estimate of drug-likeness (QED) is 0.375. The first-order chi connectivity index (χ1) is 18.4. The zero-order chi connectivity index (χ0) is 29.8. The lowest BCUT2D eigenvalue weighted by atomic mass is 9.52. The normalized spacial score (nSPS) is 28.7. The molecule has 3 N–H and O–H groups in total. The number of amides is 2. The van der Waals surface area contributed by atoms with Crippen LogP contribution in [0.15, 0.2) is 17.1 Å². The molecule has 1 aromatic carbocycles. The summed E-state index contributed by atoms with van der Waals surface area (Å²) < 4.78 is 23.8. The van der Waals surface area contributed by atoms with Crippen LogP contribution in [0.1, 0.15) is 72.4 Å². The van der Waals surface area contributed by atoms with Gasteiger partial charge < -0.3 is 29.0 Å². The van der Waals surface area contributed by atoms with E-state index in [1.54, 1.807) is 54.7 Å². The second kappa shape index (κ2) is 10.1. The van der Waals surface area contributed by atoms with Crippen LogP contribution in [0.25, 0.3) is 0 Å². The third kappa shape index (κ3) is 5.21. The lowest BCUT2D eigenvalue weighted by molar-refractivity contribution is -0.168. The van der Waals surface area contributed by atoms with Crippen LogP contribution < -0.4 is 15.4 Å². The van der Waals surface area contributed by atoms with E-state index in [4.69, 9.17) is 23.9 Å². The molecule has 0 spiro atoms. The van der Waals surface area contributed by atoms with Gasteiger partial charge in [0, 0.05) is 18.7 Å². The van der Waals surface area contributed by atoms with Crippen LogP contribution in [0.4, 0.5) is 9.59 Å². The van der Waals surface area contributed by atoms with Gasteiger partial charge in [-0.1, -0.05) is 6.07 Å². The van der Waals surface area contributed by atoms with Gasteiger partial charge in [-0.25, -0.2) is 14.6 Å². The number of methoxy groups -OCH3 is 1. The first-order valence-corrected chi connectivity index (χ1v) is 13.7. The number of ether oxygens (including phenoxy) is 4. The van der Waals surface area contributed by atoms with Gasteiger partial charge in [0.2, 0.25) is 5.96 Å². The fourth-order valence-corrected chi connectivity index (χ4v) is 6.68. The van der Waals surface area contributed by atoms with Crippen LogP contribution >= 0.6 is 0 Å². The number of nitrogens with zero attached hydrogens (tertiary/aromatic N) is 2. The molecule has 40 heavy (non-hydrogen) atoms. The summed E-state index contributed by atoms with van der Waals surface area (Å²) in [5, 5.41) is 16.0. The van der Waals surface area contributed by atoms with Crippen molar-refractivity contribution in [3.63, 3.8) is 0 Å². The molecule has 1 aromatic rings. The average Bonchev–Trinajstić information content (AvgIpc) is 3.12. The van der Waals surface area contributed by atoms with E-state index in [-0.39, 0.29) is 17.8 Å². The van der Waals surface area contributed by atoms with Crippen molar-refractivity contribution in [2.45, 2.75) is 108 Å². The topological polar surface area (TPSA) is 131 Å². The number of guanidine groups is 1. The van der Waals surface area contributed by atoms with E-state index < -0.39 is 46.6 Å². The second-order valence-corrected chi connectivity index (χ2v) is 13.3. The molecule has 1 saturated carbocycles. The van der Waals surface area contributed by atoms with Gasteiger partial charge in [0.25, 0.3) is 0 Å². The fourth-order valence-electron chi connectivity index (χ4n) is 6.68. The molecule has 0 saturated heterocycles. The number of rotatable bonds is 3. The number of hydrogen-bond acceptors (Lipinski definition) is 9. The van der Waals surface area contributed by atoms with Crippen LogP contribution in [0.2, 0.25) is 0 Å². The SMILES string of the molecule is CO[C@@]12CC[C@H](N=C(NC(=O)OC(C)(C)C)NC(=O)OC(C)(C)C)[C@@H]3Oc4c(O)ccc(c4C31C)CC2N(C)C. The van der Waals surface area contributed by atoms with E-state index in [0.717, 1.165) is 17.5 Å². The number of hydrogen-bond donors (Lipinski definition) is 3. The van der Waals surface area contributed by atoms with Crippen LogP contribution in [-0.2, 0) is 26.0 Å². The number of aliphatic imine (C=N–C) groups is 1. The smallest absolute Gasteiger partial charge is 0.414 e. The Hall–Kier alpha value is -3.05. The maximum atomic E-state index is 12.7. The summed E-state index contributed by atoms with van der Waals surface area (Å²) in [7, 11) is 5.82. The van der Waals surface area contributed by atoms with Crippen LogP contribution in [-0.4, -0.2) is 84.3 Å². The van der Waals surface area contributed by atoms with Crippen molar-refractivity contribution in [3.8, 4) is 11.5 Å². The first-order valence-electron chi connectivity index (χ1n) is 13.7. The predicted molar refractivity (Wildman–Crippen MR) is 150 cm³/mol. The number of nitrogens with one attached hydrogen (secondary N) is 2. The largest absolute Gasteiger partial charge is 0.504 e. The average molecular weight is 561 g/mol. The molecule has 1 heterocycles. The van der Waals surface area contributed by atoms with Crippen molar-refractivity contribution in [1.82, 2.24) is 15.5 Å². The third-order valence-corrected chi connectivity index (χ3v) is 8.07. The predicted octanol–water partition coefficient (Wildman–Crippen LogP) is 3.85. The molecule has 11 heteroatoms. The molecule has 3 aliphatic rings. The Kier molecular flexibility index (Phi) is 7.55. The fraction of sp³-hybridized carbons (Fsp3) is 0.690. The highest BCUT2D eigenvalue weighted by molar-refractivity contribution is 6.01. The van der Waals surface area contributed by atoms with Gasteiger partial charge in [-0.05, 0) is 93.5 Å². The second-order valence-electron chi connectivity index (χ2n) is 13.3. The van der Waals surface area contributed by atoms with Gasteiger partial charge in [-0.2, -0.15) is 0 Å². The van der Waals surface area contributed by atoms with Gasteiger partial charge in [0.15, 0.2) is 11.5 Å². The van der Waals surface area contributed by atoms with Crippen molar-refractivity contribution in [2.75, 3.05) is 21.2 Å². The maximum absolute atomic E-state index is 12.7. The molecule has 0 bridgehead atoms. The molecule has 1 fully saturated rings. The van der Waals surface area contributed by atoms with E-state index in [9.17, 15) is 14.7 Å². The number of carbonyl (C=O) groups excluding carboxylic acids is 2. The van der Waals surface area contributed by atoms with Gasteiger partial charge in [-0.3, -0.25) is 10.6 Å². The minimum Gasteiger partial charge on any atom is -0.504 e. The number of phenols is 1. The van der Waals surface area contributed by atoms with E-state index in [0.29, 0.717) is 18.6 Å². The van der Waals surface area contributed by atoms with E-state index in [1.807, 2.05) is 20.2 Å². The zero-order valence-corrected chi connectivity index (χ0v) is 25.3. The van der Waals surface area contributed by atoms with Gasteiger partial charge >= 0.3 is 12.2 Å². The Labute approximate surface area is 236 Å². The lowest BCUT2D eigenvalue weighted by Gasteiger charge is -2.60. The van der Waals surface area contributed by atoms with Gasteiger partial charge in [-0.15, -0.1) is 0 Å². The number of phenolic OH excluding ortho intramolecular Hbond substituents is 1. The van der Waals surface area contributed by atoms with Crippen LogP contribution in [0.3, 0.4) is 0 Å². The Morgan fingerprint density at radius 1 is 1.07 bits per heavy atom. The van der Waals surface area contributed by atoms with Crippen molar-refractivity contribution >= 4 is 18.1 Å². The minimum atomic E-state index is -0.767. The number of aromatic hydroxyl groups is 1. The van der Waals surface area contributed by atoms with Gasteiger partial charge in [0.1, 0.15) is 17.3 Å². The highest BCUT2D eigenvalue weighted by Gasteiger charge is 2.70. The van der Waals surface area contributed by atoms with Crippen molar-refractivity contribution in [3.05, 3.63) is 23.3 Å². The lowest BCUT2D eigenvalue weighted by Crippen LogP contribution is -2.72. The monoisotopic (exact) mass is 560 g/mol. The van der Waals surface area contributed by atoms with Crippen LogP contribution in [0.5, 0.6) is 11.5 Å². The zero-order valence-electron chi connectivity index (χ0n) is 25.3. The van der Waals surface area contributed by atoms with Gasteiger partial charge in [0.05, 0.1) is 17.1 Å². The molecule has 2 aliphatic carbocycles. The van der Waals surface area contributed by atoms with E-state index in [2.05, 4.69) is 22.5 Å². The minimum absolute atomic E-state index is 0.0424. The van der Waals surface area contributed by atoms with E-state index >= 15 is 0 Å². The van der Waals surface area contributed by atoms with Crippen molar-refractivity contribution in [2.24, 2.45) is 4.99 Å². The summed E-state index contributed by atoms with van der Waals surface area (Å²) in [6.45, 7) is 12.6. The Bertz CT molecular complexity index is 1170. The molecular weight excluding hydrogens is 516 g/mol. The maximum Gasteiger partial charge on any atom is 0.414 e. The number of carbonyl (C=O) groups is 2. The molecule has 0 radical (unpaired) electrons.